The molecule has 0 radical (unpaired) electrons. The Hall–Kier alpha value is -3.04. The van der Waals surface area contributed by atoms with Gasteiger partial charge in [-0.15, -0.1) is 5.54 Å². The lowest BCUT2D eigenvalue weighted by Gasteiger charge is -2.26. The highest BCUT2D eigenvalue weighted by Crippen LogP contribution is 2.28. The van der Waals surface area contributed by atoms with Gasteiger partial charge >= 0.3 is 6.09 Å². The molecule has 0 fully saturated rings. The van der Waals surface area contributed by atoms with E-state index in [0.29, 0.717) is 6.54 Å². The number of carbonyl (C=O) groups is 1. The third-order valence-electron chi connectivity index (χ3n) is 5.16. The first-order valence-corrected chi connectivity index (χ1v) is 15.4. The molecule has 2 aromatic carbocycles. The number of carbonyl (C=O) groups excluding carboxylic acids is 1. The van der Waals surface area contributed by atoms with Crippen molar-refractivity contribution in [3.05, 3.63) is 65.5 Å². The Morgan fingerprint density at radius 1 is 1.12 bits per heavy atom. The summed E-state index contributed by atoms with van der Waals surface area (Å²) < 4.78 is 7.75. The summed E-state index contributed by atoms with van der Waals surface area (Å²) in [7, 11) is -1.48. The minimum absolute atomic E-state index is 0.116. The summed E-state index contributed by atoms with van der Waals surface area (Å²) >= 11 is 0. The van der Waals surface area contributed by atoms with Gasteiger partial charge in [-0.3, -0.25) is 0 Å². The molecule has 1 unspecified atom stereocenters. The zero-order valence-corrected chi connectivity index (χ0v) is 22.7. The highest BCUT2D eigenvalue weighted by Gasteiger charge is 2.27. The normalized spacial score (nSPS) is 12.9. The average Bonchev–Trinajstić information content (AvgIpc) is 3.06. The molecule has 0 spiro atoms. The van der Waals surface area contributed by atoms with E-state index in [1.807, 2.05) is 39.0 Å². The molecule has 1 N–H and O–H groups in total. The van der Waals surface area contributed by atoms with E-state index in [4.69, 9.17) is 9.72 Å². The molecular formula is C28H37N3O2Si. The molecule has 6 heteroatoms. The molecule has 0 aliphatic heterocycles. The summed E-state index contributed by atoms with van der Waals surface area (Å²) in [5.41, 5.74) is 6.90. The number of alkyl carbamates (subject to hydrolysis) is 1. The van der Waals surface area contributed by atoms with Gasteiger partial charge in [0, 0.05) is 12.1 Å². The van der Waals surface area contributed by atoms with Crippen LogP contribution < -0.4 is 5.32 Å². The van der Waals surface area contributed by atoms with Crippen LogP contribution in [0.4, 0.5) is 4.79 Å². The summed E-state index contributed by atoms with van der Waals surface area (Å²) in [6.07, 6.45) is -0.439. The molecule has 0 saturated carbocycles. The van der Waals surface area contributed by atoms with Crippen molar-refractivity contribution in [1.82, 2.24) is 14.9 Å². The van der Waals surface area contributed by atoms with Gasteiger partial charge in [0.2, 0.25) is 0 Å². The van der Waals surface area contributed by atoms with E-state index >= 15 is 0 Å². The van der Waals surface area contributed by atoms with Crippen LogP contribution in [0.5, 0.6) is 0 Å². The number of fused-ring (bicyclic) bond motifs is 1. The second-order valence-corrected chi connectivity index (χ2v) is 15.9. The number of benzene rings is 2. The standard InChI is InChI=1S/C28H37N3O2Si/c1-20(2)25(30-27(32)33-28(3,4)5)26-29-23-18-21(16-17-34(6,7)8)14-15-24(23)31(26)19-22-12-10-9-11-13-22/h9-15,18,20,25H,19H2,1-8H3,(H,30,32). The summed E-state index contributed by atoms with van der Waals surface area (Å²) in [6.45, 7) is 17.1. The van der Waals surface area contributed by atoms with Crippen LogP contribution in [0.15, 0.2) is 48.5 Å². The fraction of sp³-hybridized carbons (Fsp3) is 0.429. The van der Waals surface area contributed by atoms with Crippen LogP contribution in [0.3, 0.4) is 0 Å². The maximum Gasteiger partial charge on any atom is 0.408 e. The Balaban J connectivity index is 2.09. The van der Waals surface area contributed by atoms with Crippen molar-refractivity contribution in [2.45, 2.75) is 72.4 Å². The number of rotatable bonds is 5. The molecule has 1 aromatic heterocycles. The zero-order valence-electron chi connectivity index (χ0n) is 21.7. The van der Waals surface area contributed by atoms with Crippen LogP contribution >= 0.6 is 0 Å². The first kappa shape index (κ1) is 25.6. The van der Waals surface area contributed by atoms with Crippen LogP contribution in [-0.4, -0.2) is 29.3 Å². The topological polar surface area (TPSA) is 56.1 Å². The Kier molecular flexibility index (Phi) is 7.57. The number of aromatic nitrogens is 2. The lowest BCUT2D eigenvalue weighted by atomic mass is 10.0. The van der Waals surface area contributed by atoms with Gasteiger partial charge in [-0.1, -0.05) is 69.7 Å². The van der Waals surface area contributed by atoms with Crippen molar-refractivity contribution in [1.29, 1.82) is 0 Å². The van der Waals surface area contributed by atoms with Gasteiger partial charge in [0.15, 0.2) is 0 Å². The number of amides is 1. The number of nitrogens with one attached hydrogen (secondary N) is 1. The molecule has 34 heavy (non-hydrogen) atoms. The van der Waals surface area contributed by atoms with Crippen molar-refractivity contribution < 1.29 is 9.53 Å². The van der Waals surface area contributed by atoms with Gasteiger partial charge in [-0.2, -0.15) is 0 Å². The zero-order chi connectivity index (χ0) is 25.1. The van der Waals surface area contributed by atoms with Crippen LogP contribution in [0.1, 0.15) is 57.6 Å². The molecule has 3 rings (SSSR count). The van der Waals surface area contributed by atoms with Crippen molar-refractivity contribution >= 4 is 25.2 Å². The van der Waals surface area contributed by atoms with Crippen LogP contribution in [0, 0.1) is 17.4 Å². The van der Waals surface area contributed by atoms with Gasteiger partial charge in [-0.25, -0.2) is 9.78 Å². The van der Waals surface area contributed by atoms with Crippen molar-refractivity contribution in [2.75, 3.05) is 0 Å². The van der Waals surface area contributed by atoms with Crippen molar-refractivity contribution in [3.8, 4) is 11.5 Å². The maximum absolute atomic E-state index is 12.7. The number of ether oxygens (including phenoxy) is 1. The van der Waals surface area contributed by atoms with Gasteiger partial charge in [-0.05, 0) is 50.5 Å². The molecule has 1 heterocycles. The summed E-state index contributed by atoms with van der Waals surface area (Å²) in [5.74, 6) is 4.27. The first-order valence-electron chi connectivity index (χ1n) is 11.9. The van der Waals surface area contributed by atoms with E-state index in [-0.39, 0.29) is 12.0 Å². The Bertz CT molecular complexity index is 1210. The van der Waals surface area contributed by atoms with Gasteiger partial charge in [0.05, 0.1) is 17.1 Å². The van der Waals surface area contributed by atoms with E-state index in [1.165, 1.54) is 5.56 Å². The van der Waals surface area contributed by atoms with E-state index in [1.54, 1.807) is 0 Å². The lowest BCUT2D eigenvalue weighted by Crippen LogP contribution is -2.38. The predicted octanol–water partition coefficient (Wildman–Crippen LogP) is 6.54. The van der Waals surface area contributed by atoms with Gasteiger partial charge in [0.25, 0.3) is 0 Å². The monoisotopic (exact) mass is 475 g/mol. The molecule has 0 aliphatic rings. The second-order valence-electron chi connectivity index (χ2n) is 11.1. The number of hydrogen-bond acceptors (Lipinski definition) is 3. The Morgan fingerprint density at radius 3 is 2.38 bits per heavy atom. The van der Waals surface area contributed by atoms with E-state index < -0.39 is 19.8 Å². The third-order valence-corrected chi connectivity index (χ3v) is 6.04. The van der Waals surface area contributed by atoms with Gasteiger partial charge in [0.1, 0.15) is 19.5 Å². The molecule has 5 nitrogen and oxygen atoms in total. The number of nitrogens with zero attached hydrogens (tertiary/aromatic N) is 2. The number of hydrogen-bond donors (Lipinski definition) is 1. The SMILES string of the molecule is CC(C)C(NC(=O)OC(C)(C)C)c1nc2cc(C#C[Si](C)(C)C)ccc2n1Cc1ccccc1. The smallest absolute Gasteiger partial charge is 0.408 e. The minimum atomic E-state index is -1.48. The maximum atomic E-state index is 12.7. The quantitative estimate of drug-likeness (QED) is 0.337. The fourth-order valence-electron chi connectivity index (χ4n) is 3.62. The Labute approximate surface area is 204 Å². The van der Waals surface area contributed by atoms with E-state index in [9.17, 15) is 4.79 Å². The fourth-order valence-corrected chi connectivity index (χ4v) is 4.14. The average molecular weight is 476 g/mol. The largest absolute Gasteiger partial charge is 0.444 e. The Morgan fingerprint density at radius 2 is 1.79 bits per heavy atom. The molecular weight excluding hydrogens is 438 g/mol. The van der Waals surface area contributed by atoms with Crippen molar-refractivity contribution in [3.63, 3.8) is 0 Å². The summed E-state index contributed by atoms with van der Waals surface area (Å²) in [4.78, 5) is 17.7. The van der Waals surface area contributed by atoms with Crippen LogP contribution in [-0.2, 0) is 11.3 Å². The number of imidazole rings is 1. The predicted molar refractivity (Wildman–Crippen MR) is 142 cm³/mol. The molecule has 180 valence electrons. The van der Waals surface area contributed by atoms with E-state index in [0.717, 1.165) is 22.4 Å². The van der Waals surface area contributed by atoms with Gasteiger partial charge < -0.3 is 14.6 Å². The third kappa shape index (κ3) is 6.98. The molecule has 1 atom stereocenters. The summed E-state index contributed by atoms with van der Waals surface area (Å²) in [5, 5.41) is 3.07. The highest BCUT2D eigenvalue weighted by molar-refractivity contribution is 6.83. The highest BCUT2D eigenvalue weighted by atomic mass is 28.3. The molecule has 0 saturated heterocycles. The first-order chi connectivity index (χ1) is 15.8. The molecule has 1 amide bonds. The molecule has 0 aliphatic carbocycles. The van der Waals surface area contributed by atoms with Crippen molar-refractivity contribution in [2.24, 2.45) is 5.92 Å². The second kappa shape index (κ2) is 10.1. The molecule has 0 bridgehead atoms. The molecule has 3 aromatic rings. The summed E-state index contributed by atoms with van der Waals surface area (Å²) in [6, 6.07) is 16.2. The minimum Gasteiger partial charge on any atom is -0.444 e. The van der Waals surface area contributed by atoms with Crippen LogP contribution in [0.2, 0.25) is 19.6 Å². The lowest BCUT2D eigenvalue weighted by molar-refractivity contribution is 0.0485. The van der Waals surface area contributed by atoms with E-state index in [2.05, 4.69) is 85.2 Å². The van der Waals surface area contributed by atoms with Crippen LogP contribution in [0.25, 0.3) is 11.0 Å².